The Labute approximate surface area is 146 Å². The van der Waals surface area contributed by atoms with Crippen molar-refractivity contribution in [2.45, 2.75) is 19.8 Å². The summed E-state index contributed by atoms with van der Waals surface area (Å²) in [5.74, 6) is 0.158. The Balaban J connectivity index is 1.76. The van der Waals surface area contributed by atoms with E-state index >= 15 is 0 Å². The molecule has 0 heterocycles. The lowest BCUT2D eigenvalue weighted by molar-refractivity contribution is -0.124. The van der Waals surface area contributed by atoms with E-state index in [9.17, 15) is 9.59 Å². The van der Waals surface area contributed by atoms with Crippen LogP contribution in [0.1, 0.15) is 25.3 Å². The molecule has 2 aromatic carbocycles. The first kappa shape index (κ1) is 18.2. The van der Waals surface area contributed by atoms with Gasteiger partial charge in [-0.15, -0.1) is 0 Å². The van der Waals surface area contributed by atoms with Crippen molar-refractivity contribution in [3.8, 4) is 5.75 Å². The minimum atomic E-state index is -0.326. The summed E-state index contributed by atoms with van der Waals surface area (Å²) in [5, 5.41) is 6.64. The molecule has 2 N–H and O–H groups in total. The number of para-hydroxylation sites is 2. The highest BCUT2D eigenvalue weighted by Crippen LogP contribution is 2.15. The SMILES string of the molecule is CCOc1ccccc1/C=N/NC(=O)CCC(=O)Nc1ccccc1. The minimum absolute atomic E-state index is 0.0586. The van der Waals surface area contributed by atoms with Crippen LogP contribution in [0.15, 0.2) is 59.7 Å². The van der Waals surface area contributed by atoms with Gasteiger partial charge in [0, 0.05) is 24.1 Å². The normalized spacial score (nSPS) is 10.4. The highest BCUT2D eigenvalue weighted by Gasteiger charge is 2.06. The van der Waals surface area contributed by atoms with Gasteiger partial charge in [-0.1, -0.05) is 30.3 Å². The van der Waals surface area contributed by atoms with Crippen LogP contribution < -0.4 is 15.5 Å². The molecule has 0 unspecified atom stereocenters. The quantitative estimate of drug-likeness (QED) is 0.573. The molecular weight excluding hydrogens is 318 g/mol. The second-order valence-electron chi connectivity index (χ2n) is 5.18. The largest absolute Gasteiger partial charge is 0.493 e. The molecule has 25 heavy (non-hydrogen) atoms. The molecular formula is C19H21N3O3. The van der Waals surface area contributed by atoms with Crippen LogP contribution in [0.5, 0.6) is 5.75 Å². The number of nitrogens with zero attached hydrogens (tertiary/aromatic N) is 1. The van der Waals surface area contributed by atoms with Gasteiger partial charge in [-0.25, -0.2) is 5.43 Å². The zero-order valence-corrected chi connectivity index (χ0v) is 14.1. The van der Waals surface area contributed by atoms with Crippen LogP contribution >= 0.6 is 0 Å². The van der Waals surface area contributed by atoms with E-state index < -0.39 is 0 Å². The standard InChI is InChI=1S/C19H21N3O3/c1-2-25-17-11-7-6-8-15(17)14-20-22-19(24)13-12-18(23)21-16-9-4-3-5-10-16/h3-11,14H,2,12-13H2,1H3,(H,21,23)(H,22,24)/b20-14+. The predicted molar refractivity (Wildman–Crippen MR) is 97.7 cm³/mol. The van der Waals surface area contributed by atoms with E-state index in [0.717, 1.165) is 5.56 Å². The van der Waals surface area contributed by atoms with E-state index in [2.05, 4.69) is 15.8 Å². The molecule has 2 aromatic rings. The van der Waals surface area contributed by atoms with E-state index in [4.69, 9.17) is 4.74 Å². The number of benzene rings is 2. The highest BCUT2D eigenvalue weighted by atomic mass is 16.5. The Kier molecular flexibility index (Phi) is 7.18. The molecule has 6 heteroatoms. The number of rotatable bonds is 8. The number of hydrazone groups is 1. The number of carbonyl (C=O) groups is 2. The molecule has 0 aromatic heterocycles. The molecule has 0 atom stereocenters. The summed E-state index contributed by atoms with van der Waals surface area (Å²) in [5.41, 5.74) is 3.89. The van der Waals surface area contributed by atoms with E-state index in [0.29, 0.717) is 18.0 Å². The second-order valence-corrected chi connectivity index (χ2v) is 5.18. The second kappa shape index (κ2) is 9.87. The fourth-order valence-corrected chi connectivity index (χ4v) is 2.08. The Morgan fingerprint density at radius 2 is 1.68 bits per heavy atom. The maximum Gasteiger partial charge on any atom is 0.240 e. The Bertz CT molecular complexity index is 730. The van der Waals surface area contributed by atoms with Crippen molar-refractivity contribution in [2.75, 3.05) is 11.9 Å². The van der Waals surface area contributed by atoms with Crippen LogP contribution in [0.2, 0.25) is 0 Å². The highest BCUT2D eigenvalue weighted by molar-refractivity contribution is 5.93. The summed E-state index contributed by atoms with van der Waals surface area (Å²) in [4.78, 5) is 23.5. The van der Waals surface area contributed by atoms with Crippen LogP contribution in [0.25, 0.3) is 0 Å². The van der Waals surface area contributed by atoms with Gasteiger partial charge in [0.2, 0.25) is 11.8 Å². The number of hydrogen-bond acceptors (Lipinski definition) is 4. The van der Waals surface area contributed by atoms with Crippen molar-refractivity contribution in [2.24, 2.45) is 5.10 Å². The number of carbonyl (C=O) groups excluding carboxylic acids is 2. The van der Waals surface area contributed by atoms with Crippen LogP contribution in [0, 0.1) is 0 Å². The van der Waals surface area contributed by atoms with Gasteiger partial charge in [0.05, 0.1) is 12.8 Å². The lowest BCUT2D eigenvalue weighted by atomic mass is 10.2. The van der Waals surface area contributed by atoms with Gasteiger partial charge in [-0.2, -0.15) is 5.10 Å². The van der Waals surface area contributed by atoms with Gasteiger partial charge < -0.3 is 10.1 Å². The number of anilines is 1. The summed E-state index contributed by atoms with van der Waals surface area (Å²) in [7, 11) is 0. The lowest BCUT2D eigenvalue weighted by Crippen LogP contribution is -2.20. The predicted octanol–water partition coefficient (Wildman–Crippen LogP) is 2.95. The van der Waals surface area contributed by atoms with Crippen molar-refractivity contribution in [3.63, 3.8) is 0 Å². The molecule has 0 radical (unpaired) electrons. The molecule has 2 rings (SSSR count). The molecule has 0 saturated heterocycles. The molecule has 0 fully saturated rings. The van der Waals surface area contributed by atoms with Crippen molar-refractivity contribution in [1.29, 1.82) is 0 Å². The first-order valence-electron chi connectivity index (χ1n) is 8.07. The molecule has 0 spiro atoms. The van der Waals surface area contributed by atoms with Crippen LogP contribution in [0.4, 0.5) is 5.69 Å². The summed E-state index contributed by atoms with van der Waals surface area (Å²) >= 11 is 0. The van der Waals surface area contributed by atoms with Crippen LogP contribution in [-0.4, -0.2) is 24.6 Å². The summed E-state index contributed by atoms with van der Waals surface area (Å²) in [6.45, 7) is 2.45. The molecule has 0 saturated carbocycles. The first-order chi connectivity index (χ1) is 12.2. The Morgan fingerprint density at radius 1 is 1.00 bits per heavy atom. The number of amides is 2. The number of ether oxygens (including phenoxy) is 1. The van der Waals surface area contributed by atoms with E-state index in [1.54, 1.807) is 12.1 Å². The van der Waals surface area contributed by atoms with Crippen molar-refractivity contribution >= 4 is 23.7 Å². The van der Waals surface area contributed by atoms with Crippen molar-refractivity contribution < 1.29 is 14.3 Å². The third kappa shape index (κ3) is 6.47. The van der Waals surface area contributed by atoms with E-state index in [1.165, 1.54) is 6.21 Å². The third-order valence-electron chi connectivity index (χ3n) is 3.25. The van der Waals surface area contributed by atoms with E-state index in [1.807, 2.05) is 49.4 Å². The number of hydrogen-bond donors (Lipinski definition) is 2. The van der Waals surface area contributed by atoms with Gasteiger partial charge in [-0.05, 0) is 31.2 Å². The molecule has 0 aliphatic rings. The fourth-order valence-electron chi connectivity index (χ4n) is 2.08. The zero-order chi connectivity index (χ0) is 17.9. The van der Waals surface area contributed by atoms with Gasteiger partial charge in [0.15, 0.2) is 0 Å². The van der Waals surface area contributed by atoms with Gasteiger partial charge in [0.1, 0.15) is 5.75 Å². The summed E-state index contributed by atoms with van der Waals surface area (Å²) in [6, 6.07) is 16.5. The topological polar surface area (TPSA) is 79.8 Å². The first-order valence-corrected chi connectivity index (χ1v) is 8.07. The smallest absolute Gasteiger partial charge is 0.240 e. The zero-order valence-electron chi connectivity index (χ0n) is 14.1. The van der Waals surface area contributed by atoms with Gasteiger partial charge >= 0.3 is 0 Å². The molecule has 0 bridgehead atoms. The fraction of sp³-hybridized carbons (Fsp3) is 0.211. The third-order valence-corrected chi connectivity index (χ3v) is 3.25. The molecule has 130 valence electrons. The van der Waals surface area contributed by atoms with E-state index in [-0.39, 0.29) is 24.7 Å². The van der Waals surface area contributed by atoms with Crippen molar-refractivity contribution in [3.05, 3.63) is 60.2 Å². The minimum Gasteiger partial charge on any atom is -0.493 e. The summed E-state index contributed by atoms with van der Waals surface area (Å²) < 4.78 is 5.47. The van der Waals surface area contributed by atoms with Crippen LogP contribution in [-0.2, 0) is 9.59 Å². The lowest BCUT2D eigenvalue weighted by Gasteiger charge is -2.06. The average molecular weight is 339 g/mol. The van der Waals surface area contributed by atoms with Gasteiger partial charge in [0.25, 0.3) is 0 Å². The summed E-state index contributed by atoms with van der Waals surface area (Å²) in [6.07, 6.45) is 1.67. The average Bonchev–Trinajstić information content (AvgIpc) is 2.62. The molecule has 0 aliphatic heterocycles. The Morgan fingerprint density at radius 3 is 2.44 bits per heavy atom. The maximum absolute atomic E-state index is 11.8. The monoisotopic (exact) mass is 339 g/mol. The molecule has 0 aliphatic carbocycles. The number of nitrogens with one attached hydrogen (secondary N) is 2. The molecule has 2 amide bonds. The molecule has 6 nitrogen and oxygen atoms in total. The van der Waals surface area contributed by atoms with Gasteiger partial charge in [-0.3, -0.25) is 9.59 Å². The van der Waals surface area contributed by atoms with Crippen molar-refractivity contribution in [1.82, 2.24) is 5.43 Å². The maximum atomic E-state index is 11.8. The Hall–Kier alpha value is -3.15. The van der Waals surface area contributed by atoms with Crippen LogP contribution in [0.3, 0.4) is 0 Å².